The van der Waals surface area contributed by atoms with E-state index in [0.29, 0.717) is 23.4 Å². The van der Waals surface area contributed by atoms with Crippen LogP contribution in [-0.4, -0.2) is 28.5 Å². The number of amides is 1. The summed E-state index contributed by atoms with van der Waals surface area (Å²) in [5.41, 5.74) is 0.615. The molecule has 2 heterocycles. The Morgan fingerprint density at radius 2 is 2.20 bits per heavy atom. The lowest BCUT2D eigenvalue weighted by Crippen LogP contribution is -2.25. The third kappa shape index (κ3) is 4.01. The number of aromatic nitrogens is 1. The molecular formula is C13H12N2O3S2. The summed E-state index contributed by atoms with van der Waals surface area (Å²) in [4.78, 5) is 27.1. The van der Waals surface area contributed by atoms with Gasteiger partial charge in [-0.25, -0.2) is 9.78 Å². The van der Waals surface area contributed by atoms with Crippen molar-refractivity contribution in [3.05, 3.63) is 44.5 Å². The molecule has 0 aromatic carbocycles. The normalized spacial score (nSPS) is 10.8. The average Bonchev–Trinajstić information content (AvgIpc) is 3.07. The molecule has 2 rings (SSSR count). The topological polar surface area (TPSA) is 79.3 Å². The molecule has 0 aliphatic carbocycles. The molecular weight excluding hydrogens is 296 g/mol. The van der Waals surface area contributed by atoms with Gasteiger partial charge in [0.2, 0.25) is 0 Å². The number of nitrogens with one attached hydrogen (secondary N) is 1. The summed E-state index contributed by atoms with van der Waals surface area (Å²) in [7, 11) is 0. The zero-order valence-electron chi connectivity index (χ0n) is 10.4. The van der Waals surface area contributed by atoms with Crippen molar-refractivity contribution in [2.45, 2.75) is 6.42 Å². The van der Waals surface area contributed by atoms with Gasteiger partial charge < -0.3 is 10.4 Å². The molecule has 0 aliphatic heterocycles. The summed E-state index contributed by atoms with van der Waals surface area (Å²) in [6, 6.07) is 1.72. The number of carbonyl (C=O) groups excluding carboxylic acids is 1. The molecule has 20 heavy (non-hydrogen) atoms. The van der Waals surface area contributed by atoms with Gasteiger partial charge in [-0.1, -0.05) is 0 Å². The van der Waals surface area contributed by atoms with Crippen LogP contribution in [0.15, 0.2) is 29.1 Å². The molecule has 0 fully saturated rings. The number of carboxylic acid groups (broad SMARTS) is 1. The van der Waals surface area contributed by atoms with Crippen molar-refractivity contribution in [2.24, 2.45) is 0 Å². The van der Waals surface area contributed by atoms with Gasteiger partial charge in [0.05, 0.1) is 9.88 Å². The second kappa shape index (κ2) is 6.97. The summed E-state index contributed by atoms with van der Waals surface area (Å²) < 4.78 is 0. The molecule has 0 saturated heterocycles. The third-order valence-corrected chi connectivity index (χ3v) is 4.18. The van der Waals surface area contributed by atoms with Gasteiger partial charge in [-0.15, -0.1) is 22.7 Å². The van der Waals surface area contributed by atoms with Gasteiger partial charge in [0.1, 0.15) is 0 Å². The van der Waals surface area contributed by atoms with Crippen LogP contribution in [0.3, 0.4) is 0 Å². The largest absolute Gasteiger partial charge is 0.478 e. The molecule has 0 bridgehead atoms. The number of hydrogen-bond acceptors (Lipinski definition) is 5. The highest BCUT2D eigenvalue weighted by molar-refractivity contribution is 7.12. The predicted octanol–water partition coefficient (Wildman–Crippen LogP) is 2.27. The first kappa shape index (κ1) is 14.4. The highest BCUT2D eigenvalue weighted by Crippen LogP contribution is 2.18. The summed E-state index contributed by atoms with van der Waals surface area (Å²) in [6.45, 7) is 0.506. The number of hydrogen-bond donors (Lipinski definition) is 2. The van der Waals surface area contributed by atoms with Crippen LogP contribution in [-0.2, 0) is 11.2 Å². The van der Waals surface area contributed by atoms with Gasteiger partial charge in [0.25, 0.3) is 5.91 Å². The predicted molar refractivity (Wildman–Crippen MR) is 79.1 cm³/mol. The van der Waals surface area contributed by atoms with Crippen LogP contribution in [0.2, 0.25) is 0 Å². The minimum atomic E-state index is -1.04. The molecule has 0 aliphatic rings. The van der Waals surface area contributed by atoms with Crippen LogP contribution in [0.25, 0.3) is 6.08 Å². The van der Waals surface area contributed by atoms with E-state index in [2.05, 4.69) is 10.3 Å². The molecule has 0 atom stereocenters. The smallest absolute Gasteiger partial charge is 0.328 e. The Balaban J connectivity index is 1.92. The molecule has 0 saturated carbocycles. The number of carboxylic acids is 1. The highest BCUT2D eigenvalue weighted by Gasteiger charge is 2.11. The van der Waals surface area contributed by atoms with Gasteiger partial charge in [0, 0.05) is 30.6 Å². The maximum Gasteiger partial charge on any atom is 0.328 e. The SMILES string of the molecule is O=C(O)C=Cc1ccsc1C(=O)NCCc1nccs1. The molecule has 2 N–H and O–H groups in total. The van der Waals surface area contributed by atoms with Crippen molar-refractivity contribution < 1.29 is 14.7 Å². The van der Waals surface area contributed by atoms with E-state index in [9.17, 15) is 9.59 Å². The number of carbonyl (C=O) groups is 2. The number of thiazole rings is 1. The van der Waals surface area contributed by atoms with Gasteiger partial charge in [-0.2, -0.15) is 0 Å². The molecule has 1 amide bonds. The zero-order chi connectivity index (χ0) is 14.4. The lowest BCUT2D eigenvalue weighted by Gasteiger charge is -2.03. The second-order valence-corrected chi connectivity index (χ2v) is 5.70. The molecule has 2 aromatic rings. The van der Waals surface area contributed by atoms with Crippen LogP contribution in [0.5, 0.6) is 0 Å². The van der Waals surface area contributed by atoms with Crippen molar-refractivity contribution in [3.63, 3.8) is 0 Å². The summed E-state index contributed by atoms with van der Waals surface area (Å²) in [6.07, 6.45) is 4.87. The first-order chi connectivity index (χ1) is 9.66. The lowest BCUT2D eigenvalue weighted by atomic mass is 10.2. The van der Waals surface area contributed by atoms with Gasteiger partial charge in [-0.3, -0.25) is 4.79 Å². The molecule has 104 valence electrons. The minimum absolute atomic E-state index is 0.193. The number of thiophene rings is 1. The van der Waals surface area contributed by atoms with Gasteiger partial charge in [-0.05, 0) is 23.1 Å². The standard InChI is InChI=1S/C13H12N2O3S2/c16-11(17)2-1-9-4-7-20-12(9)13(18)15-5-3-10-14-6-8-19-10/h1-2,4,6-8H,3,5H2,(H,15,18)(H,16,17). The van der Waals surface area contributed by atoms with Crippen molar-refractivity contribution in [2.75, 3.05) is 6.54 Å². The monoisotopic (exact) mass is 308 g/mol. The van der Waals surface area contributed by atoms with Crippen LogP contribution in [0.4, 0.5) is 0 Å². The van der Waals surface area contributed by atoms with E-state index in [0.717, 1.165) is 11.1 Å². The molecule has 0 radical (unpaired) electrons. The molecule has 0 unspecified atom stereocenters. The second-order valence-electron chi connectivity index (χ2n) is 3.81. The van der Waals surface area contributed by atoms with E-state index in [1.54, 1.807) is 29.0 Å². The van der Waals surface area contributed by atoms with Gasteiger partial charge >= 0.3 is 5.97 Å². The van der Waals surface area contributed by atoms with Crippen molar-refractivity contribution in [1.82, 2.24) is 10.3 Å². The number of rotatable bonds is 6. The van der Waals surface area contributed by atoms with Gasteiger partial charge in [0.15, 0.2) is 0 Å². The fraction of sp³-hybridized carbons (Fsp3) is 0.154. The molecule has 0 spiro atoms. The Labute approximate surface area is 123 Å². The Morgan fingerprint density at radius 3 is 2.90 bits per heavy atom. The quantitative estimate of drug-likeness (QED) is 0.802. The van der Waals surface area contributed by atoms with E-state index in [4.69, 9.17) is 5.11 Å². The fourth-order valence-corrected chi connectivity index (χ4v) is 2.96. The highest BCUT2D eigenvalue weighted by atomic mass is 32.1. The summed E-state index contributed by atoms with van der Waals surface area (Å²) in [5, 5.41) is 16.0. The van der Waals surface area contributed by atoms with E-state index in [1.807, 2.05) is 5.38 Å². The molecule has 7 heteroatoms. The summed E-state index contributed by atoms with van der Waals surface area (Å²) in [5.74, 6) is -1.23. The maximum atomic E-state index is 12.0. The number of aliphatic carboxylic acids is 1. The van der Waals surface area contributed by atoms with Crippen molar-refractivity contribution in [3.8, 4) is 0 Å². The average molecular weight is 308 g/mol. The van der Waals surface area contributed by atoms with Crippen LogP contribution in [0.1, 0.15) is 20.2 Å². The number of nitrogens with zero attached hydrogens (tertiary/aromatic N) is 1. The molecule has 5 nitrogen and oxygen atoms in total. The Kier molecular flexibility index (Phi) is 5.03. The Morgan fingerprint density at radius 1 is 1.35 bits per heavy atom. The van der Waals surface area contributed by atoms with E-state index >= 15 is 0 Å². The lowest BCUT2D eigenvalue weighted by molar-refractivity contribution is -0.131. The van der Waals surface area contributed by atoms with Crippen LogP contribution >= 0.6 is 22.7 Å². The van der Waals surface area contributed by atoms with Crippen LogP contribution < -0.4 is 5.32 Å². The minimum Gasteiger partial charge on any atom is -0.478 e. The molecule has 2 aromatic heterocycles. The van der Waals surface area contributed by atoms with Crippen molar-refractivity contribution in [1.29, 1.82) is 0 Å². The van der Waals surface area contributed by atoms with Crippen LogP contribution in [0, 0.1) is 0 Å². The van der Waals surface area contributed by atoms with E-state index in [-0.39, 0.29) is 5.91 Å². The first-order valence-corrected chi connectivity index (χ1v) is 7.58. The zero-order valence-corrected chi connectivity index (χ0v) is 12.0. The first-order valence-electron chi connectivity index (χ1n) is 5.82. The Hall–Kier alpha value is -1.99. The maximum absolute atomic E-state index is 12.0. The Bertz CT molecular complexity index is 617. The third-order valence-electron chi connectivity index (χ3n) is 2.42. The van der Waals surface area contributed by atoms with E-state index in [1.165, 1.54) is 17.4 Å². The van der Waals surface area contributed by atoms with E-state index < -0.39 is 5.97 Å². The van der Waals surface area contributed by atoms with Crippen molar-refractivity contribution >= 4 is 40.6 Å². The fourth-order valence-electron chi connectivity index (χ4n) is 1.54. The summed E-state index contributed by atoms with van der Waals surface area (Å²) >= 11 is 2.84.